The highest BCUT2D eigenvalue weighted by atomic mass is 16.5. The highest BCUT2D eigenvalue weighted by molar-refractivity contribution is 6.03. The van der Waals surface area contributed by atoms with Crippen molar-refractivity contribution in [2.45, 2.75) is 46.1 Å². The molecular formula is C23H28O4. The van der Waals surface area contributed by atoms with Crippen LogP contribution in [-0.4, -0.2) is 18.5 Å². The molecule has 4 heteroatoms. The number of carbonyl (C=O) groups excluding carboxylic acids is 2. The Morgan fingerprint density at radius 2 is 1.41 bits per heavy atom. The molecule has 0 aliphatic heterocycles. The van der Waals surface area contributed by atoms with Crippen molar-refractivity contribution in [1.29, 1.82) is 0 Å². The Morgan fingerprint density at radius 3 is 2.00 bits per heavy atom. The van der Waals surface area contributed by atoms with Gasteiger partial charge < -0.3 is 9.47 Å². The standard InChI is InChI=1S/C23H28O4/c1-3-10-18(4-2)15-16-26-22(24)20-13-8-9-14-21(20)23(25)27-17-19-11-6-5-7-12-19/h5-9,11-14,18H,3-4,10,15-17H2,1-2H3. The van der Waals surface area contributed by atoms with Crippen LogP contribution in [-0.2, 0) is 16.1 Å². The van der Waals surface area contributed by atoms with Crippen molar-refractivity contribution < 1.29 is 19.1 Å². The first-order chi connectivity index (χ1) is 13.2. The molecule has 0 saturated heterocycles. The van der Waals surface area contributed by atoms with Crippen LogP contribution in [0.2, 0.25) is 0 Å². The van der Waals surface area contributed by atoms with Crippen LogP contribution in [0.15, 0.2) is 54.6 Å². The molecule has 2 aromatic rings. The van der Waals surface area contributed by atoms with E-state index in [2.05, 4.69) is 13.8 Å². The van der Waals surface area contributed by atoms with Crippen molar-refractivity contribution in [3.63, 3.8) is 0 Å². The Morgan fingerprint density at radius 1 is 0.815 bits per heavy atom. The lowest BCUT2D eigenvalue weighted by atomic mass is 9.98. The van der Waals surface area contributed by atoms with Crippen molar-refractivity contribution >= 4 is 11.9 Å². The highest BCUT2D eigenvalue weighted by Gasteiger charge is 2.19. The third kappa shape index (κ3) is 6.55. The molecule has 0 aliphatic carbocycles. The molecule has 27 heavy (non-hydrogen) atoms. The zero-order chi connectivity index (χ0) is 19.5. The average Bonchev–Trinajstić information content (AvgIpc) is 2.72. The Bertz CT molecular complexity index is 724. The summed E-state index contributed by atoms with van der Waals surface area (Å²) in [4.78, 5) is 24.9. The van der Waals surface area contributed by atoms with Crippen molar-refractivity contribution in [3.05, 3.63) is 71.3 Å². The Labute approximate surface area is 161 Å². The third-order valence-electron chi connectivity index (χ3n) is 4.61. The predicted molar refractivity (Wildman–Crippen MR) is 106 cm³/mol. The fraction of sp³-hybridized carbons (Fsp3) is 0.391. The number of rotatable bonds is 10. The van der Waals surface area contributed by atoms with E-state index in [9.17, 15) is 9.59 Å². The van der Waals surface area contributed by atoms with Crippen LogP contribution in [0.1, 0.15) is 65.8 Å². The molecule has 0 heterocycles. The lowest BCUT2D eigenvalue weighted by Crippen LogP contribution is -2.15. The molecule has 0 bridgehead atoms. The fourth-order valence-electron chi connectivity index (χ4n) is 3.00. The van der Waals surface area contributed by atoms with E-state index in [4.69, 9.17) is 9.47 Å². The van der Waals surface area contributed by atoms with Gasteiger partial charge in [-0.25, -0.2) is 9.59 Å². The van der Waals surface area contributed by atoms with E-state index >= 15 is 0 Å². The molecule has 0 spiro atoms. The summed E-state index contributed by atoms with van der Waals surface area (Å²) in [6.07, 6.45) is 4.18. The number of hydrogen-bond donors (Lipinski definition) is 0. The summed E-state index contributed by atoms with van der Waals surface area (Å²) >= 11 is 0. The lowest BCUT2D eigenvalue weighted by molar-refractivity contribution is 0.0429. The molecule has 0 saturated carbocycles. The van der Waals surface area contributed by atoms with Gasteiger partial charge in [-0.1, -0.05) is 75.6 Å². The summed E-state index contributed by atoms with van der Waals surface area (Å²) in [6, 6.07) is 16.1. The predicted octanol–water partition coefficient (Wildman–Crippen LogP) is 5.42. The first-order valence-corrected chi connectivity index (χ1v) is 9.62. The molecule has 2 aromatic carbocycles. The number of hydrogen-bond acceptors (Lipinski definition) is 4. The van der Waals surface area contributed by atoms with Crippen molar-refractivity contribution in [2.24, 2.45) is 5.92 Å². The second-order valence-electron chi connectivity index (χ2n) is 6.59. The first-order valence-electron chi connectivity index (χ1n) is 9.62. The Balaban J connectivity index is 1.95. The first kappa shape index (κ1) is 20.7. The second-order valence-corrected chi connectivity index (χ2v) is 6.59. The minimum absolute atomic E-state index is 0.165. The van der Waals surface area contributed by atoms with Crippen LogP contribution in [0.3, 0.4) is 0 Å². The van der Waals surface area contributed by atoms with Gasteiger partial charge in [0, 0.05) is 0 Å². The summed E-state index contributed by atoms with van der Waals surface area (Å²) in [7, 11) is 0. The normalized spacial score (nSPS) is 11.6. The van der Waals surface area contributed by atoms with E-state index in [1.807, 2.05) is 30.3 Å². The van der Waals surface area contributed by atoms with E-state index < -0.39 is 11.9 Å². The maximum absolute atomic E-state index is 12.4. The largest absolute Gasteiger partial charge is 0.462 e. The van der Waals surface area contributed by atoms with Crippen LogP contribution in [0.25, 0.3) is 0 Å². The van der Waals surface area contributed by atoms with Crippen LogP contribution < -0.4 is 0 Å². The monoisotopic (exact) mass is 368 g/mol. The molecule has 0 radical (unpaired) electrons. The average molecular weight is 368 g/mol. The molecular weight excluding hydrogens is 340 g/mol. The lowest BCUT2D eigenvalue weighted by Gasteiger charge is -2.14. The van der Waals surface area contributed by atoms with Crippen LogP contribution >= 0.6 is 0 Å². The third-order valence-corrected chi connectivity index (χ3v) is 4.61. The molecule has 0 amide bonds. The van der Waals surface area contributed by atoms with Gasteiger partial charge in [-0.05, 0) is 30.0 Å². The van der Waals surface area contributed by atoms with Gasteiger partial charge in [0.05, 0.1) is 17.7 Å². The van der Waals surface area contributed by atoms with E-state index in [1.165, 1.54) is 0 Å². The fourth-order valence-corrected chi connectivity index (χ4v) is 3.00. The summed E-state index contributed by atoms with van der Waals surface area (Å²) in [5.41, 5.74) is 1.38. The zero-order valence-electron chi connectivity index (χ0n) is 16.1. The molecule has 4 nitrogen and oxygen atoms in total. The van der Waals surface area contributed by atoms with Gasteiger partial charge in [-0.2, -0.15) is 0 Å². The molecule has 144 valence electrons. The van der Waals surface area contributed by atoms with Crippen LogP contribution in [0.4, 0.5) is 0 Å². The van der Waals surface area contributed by atoms with Gasteiger partial charge in [0.1, 0.15) is 6.61 Å². The van der Waals surface area contributed by atoms with Gasteiger partial charge >= 0.3 is 11.9 Å². The van der Waals surface area contributed by atoms with Gasteiger partial charge in [0.15, 0.2) is 0 Å². The van der Waals surface area contributed by atoms with E-state index in [0.29, 0.717) is 12.5 Å². The number of esters is 2. The van der Waals surface area contributed by atoms with Gasteiger partial charge in [0.25, 0.3) is 0 Å². The summed E-state index contributed by atoms with van der Waals surface area (Å²) < 4.78 is 10.8. The summed E-state index contributed by atoms with van der Waals surface area (Å²) in [5, 5.41) is 0. The number of benzene rings is 2. The van der Waals surface area contributed by atoms with E-state index in [-0.39, 0.29) is 17.7 Å². The molecule has 0 fully saturated rings. The van der Waals surface area contributed by atoms with Gasteiger partial charge in [-0.15, -0.1) is 0 Å². The number of ether oxygens (including phenoxy) is 2. The summed E-state index contributed by atoms with van der Waals surface area (Å²) in [5.74, 6) is -0.439. The Kier molecular flexibility index (Phi) is 8.56. The highest BCUT2D eigenvalue weighted by Crippen LogP contribution is 2.17. The minimum atomic E-state index is -0.524. The molecule has 0 aromatic heterocycles. The topological polar surface area (TPSA) is 52.6 Å². The van der Waals surface area contributed by atoms with Crippen molar-refractivity contribution in [1.82, 2.24) is 0 Å². The van der Waals surface area contributed by atoms with Crippen LogP contribution in [0, 0.1) is 5.92 Å². The molecule has 0 aliphatic rings. The van der Waals surface area contributed by atoms with Gasteiger partial charge in [-0.3, -0.25) is 0 Å². The van der Waals surface area contributed by atoms with Gasteiger partial charge in [0.2, 0.25) is 0 Å². The molecule has 0 N–H and O–H groups in total. The minimum Gasteiger partial charge on any atom is -0.462 e. The smallest absolute Gasteiger partial charge is 0.339 e. The number of carbonyl (C=O) groups is 2. The molecule has 2 rings (SSSR count). The second kappa shape index (κ2) is 11.2. The maximum atomic E-state index is 12.4. The van der Waals surface area contributed by atoms with E-state index in [1.54, 1.807) is 24.3 Å². The van der Waals surface area contributed by atoms with Crippen molar-refractivity contribution in [2.75, 3.05) is 6.61 Å². The summed E-state index contributed by atoms with van der Waals surface area (Å²) in [6.45, 7) is 4.84. The molecule has 1 atom stereocenters. The Hall–Kier alpha value is -2.62. The van der Waals surface area contributed by atoms with E-state index in [0.717, 1.165) is 31.2 Å². The quantitative estimate of drug-likeness (QED) is 0.526. The van der Waals surface area contributed by atoms with Crippen molar-refractivity contribution in [3.8, 4) is 0 Å². The molecule has 1 unspecified atom stereocenters. The maximum Gasteiger partial charge on any atom is 0.339 e. The SMILES string of the molecule is CCCC(CC)CCOC(=O)c1ccccc1C(=O)OCc1ccccc1. The zero-order valence-corrected chi connectivity index (χ0v) is 16.1. The van der Waals surface area contributed by atoms with Crippen LogP contribution in [0.5, 0.6) is 0 Å².